The quantitative estimate of drug-likeness (QED) is 0.832. The van der Waals surface area contributed by atoms with Gasteiger partial charge in [-0.2, -0.15) is 0 Å². The van der Waals surface area contributed by atoms with Crippen LogP contribution in [0.5, 0.6) is 0 Å². The van der Waals surface area contributed by atoms with Crippen molar-refractivity contribution < 1.29 is 4.42 Å². The molecule has 17 heavy (non-hydrogen) atoms. The van der Waals surface area contributed by atoms with Gasteiger partial charge in [-0.25, -0.2) is 0 Å². The normalized spacial score (nSPS) is 25.3. The first kappa shape index (κ1) is 11.1. The maximum absolute atomic E-state index is 6.14. The van der Waals surface area contributed by atoms with Gasteiger partial charge in [-0.05, 0) is 37.6 Å². The van der Waals surface area contributed by atoms with Crippen molar-refractivity contribution in [2.24, 2.45) is 5.92 Å². The van der Waals surface area contributed by atoms with E-state index < -0.39 is 0 Å². The number of benzene rings is 1. The summed E-state index contributed by atoms with van der Waals surface area (Å²) >= 11 is 6.14. The lowest BCUT2D eigenvalue weighted by Crippen LogP contribution is -2.33. The van der Waals surface area contributed by atoms with Crippen LogP contribution in [0.3, 0.4) is 0 Å². The molecule has 2 heterocycles. The van der Waals surface area contributed by atoms with Crippen molar-refractivity contribution in [2.75, 3.05) is 13.1 Å². The smallest absolute Gasteiger partial charge is 0.152 e. The van der Waals surface area contributed by atoms with Crippen LogP contribution in [0.1, 0.15) is 25.0 Å². The third-order valence-corrected chi connectivity index (χ3v) is 3.96. The van der Waals surface area contributed by atoms with Gasteiger partial charge in [0.1, 0.15) is 5.76 Å². The molecule has 3 rings (SSSR count). The lowest BCUT2D eigenvalue weighted by molar-refractivity contribution is 0.311. The van der Waals surface area contributed by atoms with Crippen LogP contribution in [0.25, 0.3) is 11.0 Å². The van der Waals surface area contributed by atoms with E-state index in [2.05, 4.69) is 24.4 Å². The summed E-state index contributed by atoms with van der Waals surface area (Å²) in [7, 11) is 0. The highest BCUT2D eigenvalue weighted by Crippen LogP contribution is 2.35. The van der Waals surface area contributed by atoms with Gasteiger partial charge in [0.05, 0.1) is 5.02 Å². The van der Waals surface area contributed by atoms with Gasteiger partial charge in [0.15, 0.2) is 5.58 Å². The SMILES string of the molecule is CC1CNCCC1c1cc2cccc(Cl)c2o1. The fraction of sp³-hybridized carbons (Fsp3) is 0.429. The summed E-state index contributed by atoms with van der Waals surface area (Å²) in [5, 5.41) is 5.23. The Morgan fingerprint density at radius 2 is 2.29 bits per heavy atom. The average Bonchev–Trinajstić information content (AvgIpc) is 2.75. The molecule has 0 radical (unpaired) electrons. The van der Waals surface area contributed by atoms with Crippen LogP contribution in [-0.2, 0) is 0 Å². The van der Waals surface area contributed by atoms with Crippen molar-refractivity contribution in [1.82, 2.24) is 5.32 Å². The number of rotatable bonds is 1. The number of furan rings is 1. The molecule has 1 saturated heterocycles. The summed E-state index contributed by atoms with van der Waals surface area (Å²) in [6.07, 6.45) is 1.14. The van der Waals surface area contributed by atoms with E-state index in [1.165, 1.54) is 0 Å². The second kappa shape index (κ2) is 4.35. The van der Waals surface area contributed by atoms with Crippen LogP contribution in [0.4, 0.5) is 0 Å². The maximum atomic E-state index is 6.14. The Morgan fingerprint density at radius 1 is 1.41 bits per heavy atom. The predicted octanol–water partition coefficient (Wildman–Crippen LogP) is 3.80. The molecule has 2 unspecified atom stereocenters. The third kappa shape index (κ3) is 1.96. The summed E-state index contributed by atoms with van der Waals surface area (Å²) in [5.74, 6) is 2.21. The van der Waals surface area contributed by atoms with Crippen LogP contribution in [0.15, 0.2) is 28.7 Å². The first-order valence-corrected chi connectivity index (χ1v) is 6.52. The predicted molar refractivity (Wildman–Crippen MR) is 70.6 cm³/mol. The van der Waals surface area contributed by atoms with E-state index in [9.17, 15) is 0 Å². The van der Waals surface area contributed by atoms with Gasteiger partial charge >= 0.3 is 0 Å². The van der Waals surface area contributed by atoms with Crippen LogP contribution < -0.4 is 5.32 Å². The molecular weight excluding hydrogens is 234 g/mol. The standard InChI is InChI=1S/C14H16ClNO/c1-9-8-16-6-5-11(9)13-7-10-3-2-4-12(15)14(10)17-13/h2-4,7,9,11,16H,5-6,8H2,1H3. The number of nitrogens with one attached hydrogen (secondary N) is 1. The molecule has 0 amide bonds. The number of hydrogen-bond donors (Lipinski definition) is 1. The van der Waals surface area contributed by atoms with E-state index in [0.29, 0.717) is 16.9 Å². The minimum atomic E-state index is 0.514. The van der Waals surface area contributed by atoms with Gasteiger partial charge in [-0.1, -0.05) is 30.7 Å². The van der Waals surface area contributed by atoms with Crippen molar-refractivity contribution in [3.8, 4) is 0 Å². The summed E-state index contributed by atoms with van der Waals surface area (Å²) in [4.78, 5) is 0. The van der Waals surface area contributed by atoms with Gasteiger partial charge in [-0.15, -0.1) is 0 Å². The Hall–Kier alpha value is -0.990. The van der Waals surface area contributed by atoms with E-state index in [0.717, 1.165) is 36.2 Å². The molecule has 0 spiro atoms. The fourth-order valence-corrected chi connectivity index (χ4v) is 2.89. The second-order valence-electron chi connectivity index (χ2n) is 4.88. The highest BCUT2D eigenvalue weighted by atomic mass is 35.5. The molecule has 1 aliphatic rings. The molecule has 0 saturated carbocycles. The van der Waals surface area contributed by atoms with Gasteiger partial charge in [-0.3, -0.25) is 0 Å². The molecule has 1 fully saturated rings. The second-order valence-corrected chi connectivity index (χ2v) is 5.29. The minimum absolute atomic E-state index is 0.514. The van der Waals surface area contributed by atoms with Gasteiger partial charge in [0, 0.05) is 11.3 Å². The van der Waals surface area contributed by atoms with Crippen molar-refractivity contribution >= 4 is 22.6 Å². The highest BCUT2D eigenvalue weighted by molar-refractivity contribution is 6.34. The topological polar surface area (TPSA) is 25.2 Å². The van der Waals surface area contributed by atoms with E-state index >= 15 is 0 Å². The molecule has 2 aromatic rings. The average molecular weight is 250 g/mol. The van der Waals surface area contributed by atoms with Gasteiger partial charge in [0.25, 0.3) is 0 Å². The van der Waals surface area contributed by atoms with E-state index in [-0.39, 0.29) is 0 Å². The summed E-state index contributed by atoms with van der Waals surface area (Å²) in [5.41, 5.74) is 0.829. The Kier molecular flexibility index (Phi) is 2.85. The lowest BCUT2D eigenvalue weighted by atomic mass is 9.86. The van der Waals surface area contributed by atoms with E-state index in [1.807, 2.05) is 12.1 Å². The van der Waals surface area contributed by atoms with Crippen LogP contribution in [0.2, 0.25) is 5.02 Å². The zero-order chi connectivity index (χ0) is 11.8. The first-order valence-electron chi connectivity index (χ1n) is 6.14. The van der Waals surface area contributed by atoms with Crippen molar-refractivity contribution in [3.63, 3.8) is 0 Å². The molecule has 0 aliphatic carbocycles. The summed E-state index contributed by atoms with van der Waals surface area (Å²) < 4.78 is 5.95. The molecule has 2 nitrogen and oxygen atoms in total. The molecule has 1 aliphatic heterocycles. The monoisotopic (exact) mass is 249 g/mol. The molecule has 0 bridgehead atoms. The van der Waals surface area contributed by atoms with Crippen LogP contribution in [0, 0.1) is 5.92 Å². The first-order chi connectivity index (χ1) is 8.25. The Balaban J connectivity index is 2.02. The van der Waals surface area contributed by atoms with Crippen LogP contribution >= 0.6 is 11.6 Å². The van der Waals surface area contributed by atoms with E-state index in [4.69, 9.17) is 16.0 Å². The molecule has 2 atom stereocenters. The largest absolute Gasteiger partial charge is 0.459 e. The maximum Gasteiger partial charge on any atom is 0.152 e. The molecule has 90 valence electrons. The number of halogens is 1. The summed E-state index contributed by atoms with van der Waals surface area (Å²) in [6, 6.07) is 8.05. The van der Waals surface area contributed by atoms with E-state index in [1.54, 1.807) is 0 Å². The Morgan fingerprint density at radius 3 is 3.06 bits per heavy atom. The minimum Gasteiger partial charge on any atom is -0.459 e. The zero-order valence-electron chi connectivity index (χ0n) is 9.87. The van der Waals surface area contributed by atoms with Crippen molar-refractivity contribution in [2.45, 2.75) is 19.3 Å². The molecule has 3 heteroatoms. The number of hydrogen-bond acceptors (Lipinski definition) is 2. The molecule has 1 N–H and O–H groups in total. The Bertz CT molecular complexity index is 534. The number of fused-ring (bicyclic) bond motifs is 1. The van der Waals surface area contributed by atoms with Crippen molar-refractivity contribution in [1.29, 1.82) is 0 Å². The fourth-order valence-electron chi connectivity index (χ4n) is 2.67. The molecular formula is C14H16ClNO. The number of piperidine rings is 1. The van der Waals surface area contributed by atoms with Gasteiger partial charge < -0.3 is 9.73 Å². The molecule has 1 aromatic heterocycles. The highest BCUT2D eigenvalue weighted by Gasteiger charge is 2.25. The van der Waals surface area contributed by atoms with Crippen LogP contribution in [-0.4, -0.2) is 13.1 Å². The Labute approximate surface area is 106 Å². The lowest BCUT2D eigenvalue weighted by Gasteiger charge is -2.27. The number of para-hydroxylation sites is 1. The molecule has 1 aromatic carbocycles. The van der Waals surface area contributed by atoms with Crippen molar-refractivity contribution in [3.05, 3.63) is 35.0 Å². The summed E-state index contributed by atoms with van der Waals surface area (Å²) in [6.45, 7) is 4.40. The zero-order valence-corrected chi connectivity index (χ0v) is 10.6. The van der Waals surface area contributed by atoms with Gasteiger partial charge in [0.2, 0.25) is 0 Å². The third-order valence-electron chi connectivity index (χ3n) is 3.67.